The molecule has 2 saturated carbocycles. The molecule has 13 heteroatoms. The zero-order chi connectivity index (χ0) is 31.5. The van der Waals surface area contributed by atoms with Gasteiger partial charge in [0, 0.05) is 37.6 Å². The van der Waals surface area contributed by atoms with Crippen molar-refractivity contribution in [2.75, 3.05) is 6.54 Å². The van der Waals surface area contributed by atoms with Crippen molar-refractivity contribution in [3.05, 3.63) is 95.0 Å². The van der Waals surface area contributed by atoms with Crippen molar-refractivity contribution in [3.8, 4) is 5.69 Å². The number of benzene rings is 1. The van der Waals surface area contributed by atoms with Gasteiger partial charge >= 0.3 is 0 Å². The summed E-state index contributed by atoms with van der Waals surface area (Å²) >= 11 is 0. The molecule has 0 radical (unpaired) electrons. The normalized spacial score (nSPS) is 21.5. The fourth-order valence-corrected chi connectivity index (χ4v) is 8.40. The summed E-state index contributed by atoms with van der Waals surface area (Å²) in [4.78, 5) is 18.8. The van der Waals surface area contributed by atoms with Gasteiger partial charge in [0.2, 0.25) is 0 Å². The highest BCUT2D eigenvalue weighted by Crippen LogP contribution is 2.52. The number of halogens is 3. The Morgan fingerprint density at radius 3 is 2.60 bits per heavy atom. The zero-order valence-corrected chi connectivity index (χ0v) is 25.3. The molecule has 1 aromatic carbocycles. The van der Waals surface area contributed by atoms with Gasteiger partial charge in [-0.25, -0.2) is 26.3 Å². The van der Waals surface area contributed by atoms with Gasteiger partial charge in [-0.2, -0.15) is 14.5 Å². The Morgan fingerprint density at radius 1 is 1.13 bits per heavy atom. The molecule has 234 valence electrons. The highest BCUT2D eigenvalue weighted by Gasteiger charge is 2.52. The monoisotopic (exact) mass is 636 g/mol. The summed E-state index contributed by atoms with van der Waals surface area (Å²) in [7, 11) is -2.34. The van der Waals surface area contributed by atoms with Crippen LogP contribution in [-0.2, 0) is 23.5 Å². The van der Waals surface area contributed by atoms with Crippen LogP contribution in [0.4, 0.5) is 13.2 Å². The van der Waals surface area contributed by atoms with Crippen LogP contribution in [0.25, 0.3) is 11.8 Å². The molecule has 0 aliphatic heterocycles. The predicted octanol–water partition coefficient (Wildman–Crippen LogP) is 5.54. The van der Waals surface area contributed by atoms with E-state index < -0.39 is 33.7 Å². The first-order valence-corrected chi connectivity index (χ1v) is 16.3. The topological polar surface area (TPSA) is 103 Å². The van der Waals surface area contributed by atoms with Crippen molar-refractivity contribution in [2.24, 2.45) is 18.4 Å². The summed E-state index contributed by atoms with van der Waals surface area (Å²) in [5.41, 5.74) is 1.26. The lowest BCUT2D eigenvalue weighted by atomic mass is 9.60. The number of sulfonamides is 1. The molecule has 45 heavy (non-hydrogen) atoms. The number of ketones is 1. The van der Waals surface area contributed by atoms with Crippen molar-refractivity contribution < 1.29 is 26.4 Å². The molecular weight excluding hydrogens is 605 g/mol. The maximum absolute atomic E-state index is 14.6. The highest BCUT2D eigenvalue weighted by atomic mass is 32.2. The quantitative estimate of drug-likeness (QED) is 0.224. The summed E-state index contributed by atoms with van der Waals surface area (Å²) in [6, 6.07) is 9.17. The Kier molecular flexibility index (Phi) is 7.27. The van der Waals surface area contributed by atoms with Gasteiger partial charge in [-0.3, -0.25) is 14.5 Å². The number of aryl methyl sites for hydroxylation is 1. The van der Waals surface area contributed by atoms with Crippen LogP contribution in [0.1, 0.15) is 65.8 Å². The van der Waals surface area contributed by atoms with Gasteiger partial charge in [0.15, 0.2) is 10.8 Å². The first kappa shape index (κ1) is 29.6. The van der Waals surface area contributed by atoms with Gasteiger partial charge < -0.3 is 0 Å². The minimum atomic E-state index is -4.00. The van der Waals surface area contributed by atoms with Gasteiger partial charge in [0.1, 0.15) is 11.5 Å². The Morgan fingerprint density at radius 2 is 1.91 bits per heavy atom. The number of carbonyl (C=O) groups is 1. The van der Waals surface area contributed by atoms with Crippen molar-refractivity contribution in [1.82, 2.24) is 28.9 Å². The van der Waals surface area contributed by atoms with E-state index in [1.807, 2.05) is 6.08 Å². The molecule has 0 N–H and O–H groups in total. The van der Waals surface area contributed by atoms with E-state index >= 15 is 0 Å². The predicted molar refractivity (Wildman–Crippen MR) is 159 cm³/mol. The Hall–Kier alpha value is -4.10. The van der Waals surface area contributed by atoms with Crippen LogP contribution < -0.4 is 0 Å². The number of fused-ring (bicyclic) bond motifs is 2. The fourth-order valence-electron chi connectivity index (χ4n) is 6.72. The summed E-state index contributed by atoms with van der Waals surface area (Å²) in [6.45, 7) is 0.319. The summed E-state index contributed by atoms with van der Waals surface area (Å²) < 4.78 is 73.7. The first-order valence-electron chi connectivity index (χ1n) is 14.9. The number of allylic oxidation sites excluding steroid dienone is 1. The molecule has 0 spiro atoms. The number of pyridine rings is 1. The van der Waals surface area contributed by atoms with E-state index in [2.05, 4.69) is 15.2 Å². The molecule has 4 aromatic rings. The van der Waals surface area contributed by atoms with E-state index in [0.29, 0.717) is 25.1 Å². The number of rotatable bonds is 9. The smallest absolute Gasteiger partial charge is 0.263 e. The van der Waals surface area contributed by atoms with Gasteiger partial charge in [-0.05, 0) is 98.5 Å². The SMILES string of the molecule is Cn1ccc(S(=O)(=O)N(CC2CC2)[C@H]2CCC3=Cc4c(cnn4-c4ccc(F)cc4)C[C@]3(C(=O)c3cc(C(F)F)ccn3)C2)n1. The lowest BCUT2D eigenvalue weighted by molar-refractivity contribution is 0.0734. The number of hydrogen-bond donors (Lipinski definition) is 0. The van der Waals surface area contributed by atoms with Gasteiger partial charge in [0.25, 0.3) is 16.4 Å². The molecule has 2 atom stereocenters. The third kappa shape index (κ3) is 5.31. The average molecular weight is 637 g/mol. The second-order valence-corrected chi connectivity index (χ2v) is 14.1. The maximum atomic E-state index is 14.6. The molecule has 3 aliphatic carbocycles. The number of Topliss-reactive ketones (excluding diaryl/α,β-unsaturated/α-hetero) is 1. The van der Waals surface area contributed by atoms with Crippen LogP contribution in [-0.4, -0.2) is 55.6 Å². The van der Waals surface area contributed by atoms with E-state index in [1.165, 1.54) is 39.4 Å². The molecule has 9 nitrogen and oxygen atoms in total. The maximum Gasteiger partial charge on any atom is 0.263 e. The van der Waals surface area contributed by atoms with Crippen molar-refractivity contribution in [3.63, 3.8) is 0 Å². The van der Waals surface area contributed by atoms with Crippen molar-refractivity contribution in [1.29, 1.82) is 0 Å². The molecule has 0 saturated heterocycles. The summed E-state index contributed by atoms with van der Waals surface area (Å²) in [5, 5.41) is 8.69. The minimum absolute atomic E-state index is 0.0508. The number of aromatic nitrogens is 5. The molecule has 0 bridgehead atoms. The Bertz CT molecular complexity index is 1920. The third-order valence-electron chi connectivity index (χ3n) is 9.21. The van der Waals surface area contributed by atoms with Crippen molar-refractivity contribution in [2.45, 2.75) is 56.0 Å². The van der Waals surface area contributed by atoms with E-state index in [1.54, 1.807) is 36.3 Å². The number of nitrogens with zero attached hydrogens (tertiary/aromatic N) is 6. The Balaban J connectivity index is 1.32. The molecular formula is C32H31F3N6O3S. The molecule has 7 rings (SSSR count). The molecule has 3 aliphatic rings. The lowest BCUT2D eigenvalue weighted by Crippen LogP contribution is -2.51. The molecule has 2 fully saturated rings. The standard InChI is InChI=1S/C32H31F3N6O3S/c1-39-13-11-29(38-39)45(43,44)40(19-20-2-3-20)26-7-4-23-15-28-22(18-37-41(28)25-8-5-24(33)6-9-25)16-32(23,17-26)30(42)27-14-21(31(34)35)10-12-36-27/h5-6,8-15,18,20,26,31H,2-4,7,16-17,19H2,1H3/t26-,32-/m0/s1. The minimum Gasteiger partial charge on any atom is -0.291 e. The van der Waals surface area contributed by atoms with Gasteiger partial charge in [-0.15, -0.1) is 0 Å². The van der Waals surface area contributed by atoms with E-state index in [0.717, 1.165) is 35.7 Å². The zero-order valence-electron chi connectivity index (χ0n) is 24.5. The molecule has 0 unspecified atom stereocenters. The highest BCUT2D eigenvalue weighted by molar-refractivity contribution is 7.89. The second-order valence-electron chi connectivity index (χ2n) is 12.2. The van der Waals surface area contributed by atoms with E-state index in [-0.39, 0.29) is 40.9 Å². The van der Waals surface area contributed by atoms with E-state index in [9.17, 15) is 26.4 Å². The fraction of sp³-hybridized carbons (Fsp3) is 0.375. The summed E-state index contributed by atoms with van der Waals surface area (Å²) in [6.07, 6.45) is 6.61. The van der Waals surface area contributed by atoms with Crippen LogP contribution in [0.2, 0.25) is 0 Å². The van der Waals surface area contributed by atoms with Crippen molar-refractivity contribution >= 4 is 21.9 Å². The third-order valence-corrected chi connectivity index (χ3v) is 11.0. The number of alkyl halides is 2. The van der Waals surface area contributed by atoms with Crippen LogP contribution in [0.3, 0.4) is 0 Å². The van der Waals surface area contributed by atoms with Gasteiger partial charge in [-0.1, -0.05) is 5.57 Å². The number of hydrogen-bond acceptors (Lipinski definition) is 6. The lowest BCUT2D eigenvalue weighted by Gasteiger charge is -2.46. The molecule has 0 amide bonds. The van der Waals surface area contributed by atoms with Crippen LogP contribution in [0.5, 0.6) is 0 Å². The largest absolute Gasteiger partial charge is 0.291 e. The molecule has 3 heterocycles. The number of carbonyl (C=O) groups excluding carboxylic acids is 1. The van der Waals surface area contributed by atoms with E-state index in [4.69, 9.17) is 0 Å². The van der Waals surface area contributed by atoms with Crippen LogP contribution >= 0.6 is 0 Å². The summed E-state index contributed by atoms with van der Waals surface area (Å²) in [5.74, 6) is -0.581. The Labute approximate surface area is 258 Å². The average Bonchev–Trinajstić information content (AvgIpc) is 3.61. The first-order chi connectivity index (χ1) is 21.5. The second kappa shape index (κ2) is 11.1. The molecule has 3 aromatic heterocycles. The van der Waals surface area contributed by atoms with Crippen LogP contribution in [0.15, 0.2) is 71.7 Å². The van der Waals surface area contributed by atoms with Gasteiger partial charge in [0.05, 0.1) is 23.0 Å². The van der Waals surface area contributed by atoms with Crippen LogP contribution in [0, 0.1) is 17.2 Å².